The Labute approximate surface area is 237 Å². The fourth-order valence-electron chi connectivity index (χ4n) is 5.45. The Bertz CT molecular complexity index is 1190. The Hall–Kier alpha value is -2.79. The van der Waals surface area contributed by atoms with Crippen LogP contribution in [-0.4, -0.2) is 61.8 Å². The van der Waals surface area contributed by atoms with Crippen molar-refractivity contribution in [1.29, 1.82) is 0 Å². The summed E-state index contributed by atoms with van der Waals surface area (Å²) < 4.78 is 49.0. The molecule has 1 spiro atoms. The molecule has 0 unspecified atom stereocenters. The van der Waals surface area contributed by atoms with E-state index in [-0.39, 0.29) is 49.4 Å². The molecule has 0 radical (unpaired) electrons. The molecule has 3 aliphatic rings. The SMILES string of the molecule is C[C@@H](CO)SNc1ccc(C(=O)Nc2ccc(OCF)c(N3CCC(F)(F)CC3)c2)c(N2CCC3(CC2)CC3)c1. The number of hydrogen-bond donors (Lipinski definition) is 3. The van der Waals surface area contributed by atoms with Gasteiger partial charge >= 0.3 is 0 Å². The molecule has 5 rings (SSSR count). The molecule has 1 aliphatic carbocycles. The van der Waals surface area contributed by atoms with Crippen LogP contribution in [-0.2, 0) is 0 Å². The van der Waals surface area contributed by atoms with Crippen LogP contribution in [0.5, 0.6) is 5.75 Å². The van der Waals surface area contributed by atoms with Crippen molar-refractivity contribution >= 4 is 40.6 Å². The van der Waals surface area contributed by atoms with E-state index in [1.165, 1.54) is 24.8 Å². The van der Waals surface area contributed by atoms with Crippen molar-refractivity contribution in [3.8, 4) is 5.75 Å². The normalized spacial score (nSPS) is 20.2. The van der Waals surface area contributed by atoms with Gasteiger partial charge in [0.15, 0.2) is 0 Å². The van der Waals surface area contributed by atoms with Crippen molar-refractivity contribution in [2.24, 2.45) is 5.41 Å². The molecule has 2 aromatic carbocycles. The van der Waals surface area contributed by atoms with E-state index < -0.39 is 12.8 Å². The minimum atomic E-state index is -2.72. The molecule has 2 saturated heterocycles. The zero-order chi connectivity index (χ0) is 28.3. The molecule has 1 saturated carbocycles. The van der Waals surface area contributed by atoms with Gasteiger partial charge < -0.3 is 29.7 Å². The average Bonchev–Trinajstić information content (AvgIpc) is 3.71. The summed E-state index contributed by atoms with van der Waals surface area (Å²) in [5.41, 5.74) is 3.65. The molecule has 0 aromatic heterocycles. The first-order chi connectivity index (χ1) is 19.2. The zero-order valence-electron chi connectivity index (χ0n) is 22.7. The number of benzene rings is 2. The second-order valence-corrected chi connectivity index (χ2v) is 12.4. The maximum Gasteiger partial charge on any atom is 0.257 e. The van der Waals surface area contributed by atoms with Crippen LogP contribution in [0.2, 0.25) is 0 Å². The molecular formula is C29H37F3N4O3S. The Morgan fingerprint density at radius 1 is 0.975 bits per heavy atom. The van der Waals surface area contributed by atoms with Crippen LogP contribution < -0.4 is 24.6 Å². The van der Waals surface area contributed by atoms with Gasteiger partial charge in [-0.15, -0.1) is 0 Å². The fraction of sp³-hybridized carbons (Fsp3) is 0.552. The van der Waals surface area contributed by atoms with E-state index in [1.54, 1.807) is 29.2 Å². The number of alkyl halides is 3. The molecule has 218 valence electrons. The number of aliphatic hydroxyl groups is 1. The van der Waals surface area contributed by atoms with Gasteiger partial charge in [-0.3, -0.25) is 4.79 Å². The summed E-state index contributed by atoms with van der Waals surface area (Å²) in [6.07, 6.45) is 4.19. The van der Waals surface area contributed by atoms with E-state index >= 15 is 0 Å². The van der Waals surface area contributed by atoms with Gasteiger partial charge in [0.2, 0.25) is 6.86 Å². The predicted molar refractivity (Wildman–Crippen MR) is 155 cm³/mol. The number of piperidine rings is 2. The average molecular weight is 579 g/mol. The first-order valence-corrected chi connectivity index (χ1v) is 14.8. The fourth-order valence-corrected chi connectivity index (χ4v) is 5.99. The van der Waals surface area contributed by atoms with Crippen LogP contribution in [0.15, 0.2) is 36.4 Å². The minimum absolute atomic E-state index is 0.0146. The lowest BCUT2D eigenvalue weighted by molar-refractivity contribution is -0.0221. The predicted octanol–water partition coefficient (Wildman–Crippen LogP) is 6.30. The number of amides is 1. The Morgan fingerprint density at radius 3 is 2.25 bits per heavy atom. The second-order valence-electron chi connectivity index (χ2n) is 11.2. The molecule has 40 heavy (non-hydrogen) atoms. The van der Waals surface area contributed by atoms with Crippen molar-refractivity contribution in [2.75, 3.05) is 59.5 Å². The maximum absolute atomic E-state index is 13.8. The number of carbonyl (C=O) groups excluding carboxylic acids is 1. The number of hydrogen-bond acceptors (Lipinski definition) is 7. The third kappa shape index (κ3) is 6.74. The summed E-state index contributed by atoms with van der Waals surface area (Å²) in [6, 6.07) is 10.5. The Kier molecular flexibility index (Phi) is 8.61. The van der Waals surface area contributed by atoms with E-state index in [9.17, 15) is 23.1 Å². The molecule has 1 atom stereocenters. The van der Waals surface area contributed by atoms with Crippen LogP contribution in [0.1, 0.15) is 55.8 Å². The van der Waals surface area contributed by atoms with Crippen molar-refractivity contribution in [3.63, 3.8) is 0 Å². The van der Waals surface area contributed by atoms with Crippen molar-refractivity contribution in [1.82, 2.24) is 0 Å². The van der Waals surface area contributed by atoms with Gasteiger partial charge in [0.1, 0.15) is 5.75 Å². The molecule has 2 heterocycles. The maximum atomic E-state index is 13.8. The van der Waals surface area contributed by atoms with E-state index in [0.29, 0.717) is 22.4 Å². The van der Waals surface area contributed by atoms with Gasteiger partial charge in [-0.1, -0.05) is 0 Å². The molecule has 0 bridgehead atoms. The first-order valence-electron chi connectivity index (χ1n) is 13.9. The highest BCUT2D eigenvalue weighted by molar-refractivity contribution is 8.01. The van der Waals surface area contributed by atoms with E-state index in [2.05, 4.69) is 14.9 Å². The highest BCUT2D eigenvalue weighted by Crippen LogP contribution is 2.54. The molecule has 7 nitrogen and oxygen atoms in total. The molecule has 3 N–H and O–H groups in total. The van der Waals surface area contributed by atoms with Crippen LogP contribution in [0.4, 0.5) is 35.9 Å². The van der Waals surface area contributed by atoms with Crippen molar-refractivity contribution < 1.29 is 27.8 Å². The van der Waals surface area contributed by atoms with Crippen molar-refractivity contribution in [2.45, 2.75) is 56.6 Å². The number of ether oxygens (including phenoxy) is 1. The first kappa shape index (κ1) is 28.7. The number of anilines is 4. The van der Waals surface area contributed by atoms with Gasteiger partial charge in [-0.05, 0) is 86.4 Å². The lowest BCUT2D eigenvalue weighted by Gasteiger charge is -2.35. The number of nitrogens with one attached hydrogen (secondary N) is 2. The van der Waals surface area contributed by atoms with Gasteiger partial charge in [-0.25, -0.2) is 13.2 Å². The van der Waals surface area contributed by atoms with Crippen LogP contribution in [0.3, 0.4) is 0 Å². The monoisotopic (exact) mass is 578 g/mol. The lowest BCUT2D eigenvalue weighted by Crippen LogP contribution is -2.39. The van der Waals surface area contributed by atoms with E-state index in [0.717, 1.165) is 37.3 Å². The number of carbonyl (C=O) groups is 1. The summed E-state index contributed by atoms with van der Waals surface area (Å²) in [6.45, 7) is 2.90. The largest absolute Gasteiger partial charge is 0.461 e. The van der Waals surface area contributed by atoms with E-state index in [1.807, 2.05) is 19.1 Å². The zero-order valence-corrected chi connectivity index (χ0v) is 23.5. The Morgan fingerprint density at radius 2 is 1.60 bits per heavy atom. The summed E-state index contributed by atoms with van der Waals surface area (Å²) in [4.78, 5) is 17.6. The Balaban J connectivity index is 1.37. The highest BCUT2D eigenvalue weighted by atomic mass is 32.2. The lowest BCUT2D eigenvalue weighted by atomic mass is 9.93. The summed E-state index contributed by atoms with van der Waals surface area (Å²) in [7, 11) is 0. The molecule has 3 fully saturated rings. The number of aliphatic hydroxyl groups excluding tert-OH is 1. The minimum Gasteiger partial charge on any atom is -0.461 e. The van der Waals surface area contributed by atoms with Crippen molar-refractivity contribution in [3.05, 3.63) is 42.0 Å². The smallest absolute Gasteiger partial charge is 0.257 e. The van der Waals surface area contributed by atoms with Crippen LogP contribution in [0.25, 0.3) is 0 Å². The molecular weight excluding hydrogens is 541 g/mol. The topological polar surface area (TPSA) is 77.1 Å². The second kappa shape index (κ2) is 12.0. The highest BCUT2D eigenvalue weighted by Gasteiger charge is 2.44. The molecule has 2 aliphatic heterocycles. The summed E-state index contributed by atoms with van der Waals surface area (Å²) in [5, 5.41) is 12.3. The van der Waals surface area contributed by atoms with E-state index in [4.69, 9.17) is 4.74 Å². The standard InChI is InChI=1S/C29H37F3N4O3S/c1-20(18-37)40-34-22-2-4-23(24(17-22)35-12-8-28(6-7-28)9-13-35)27(38)33-21-3-5-26(39-19-30)25(16-21)36-14-10-29(31,32)11-15-36/h2-5,16-17,20,34,37H,6-15,18-19H2,1H3,(H,33,38)/t20-/m0/s1. The quantitative estimate of drug-likeness (QED) is 0.286. The molecule has 2 aromatic rings. The van der Waals surface area contributed by atoms with Gasteiger partial charge in [0, 0.05) is 55.6 Å². The third-order valence-corrected chi connectivity index (χ3v) is 9.17. The summed E-state index contributed by atoms with van der Waals surface area (Å²) >= 11 is 1.42. The van der Waals surface area contributed by atoms with Crippen LogP contribution >= 0.6 is 11.9 Å². The summed E-state index contributed by atoms with van der Waals surface area (Å²) in [5.74, 6) is -2.76. The van der Waals surface area contributed by atoms with Gasteiger partial charge in [0.05, 0.1) is 23.5 Å². The number of halogens is 3. The molecule has 11 heteroatoms. The molecule has 1 amide bonds. The van der Waals surface area contributed by atoms with Gasteiger partial charge in [-0.2, -0.15) is 0 Å². The third-order valence-electron chi connectivity index (χ3n) is 8.26. The van der Waals surface area contributed by atoms with Gasteiger partial charge in [0.25, 0.3) is 11.8 Å². The number of rotatable bonds is 10. The van der Waals surface area contributed by atoms with Crippen LogP contribution in [0, 0.1) is 5.41 Å². The number of nitrogens with zero attached hydrogens (tertiary/aromatic N) is 2.